The predicted octanol–water partition coefficient (Wildman–Crippen LogP) is 0.766. The Balaban J connectivity index is 2.75. The van der Waals surface area contributed by atoms with Gasteiger partial charge in [-0.3, -0.25) is 4.90 Å². The van der Waals surface area contributed by atoms with Crippen molar-refractivity contribution in [2.75, 3.05) is 13.6 Å². The minimum atomic E-state index is -1.04. The average Bonchev–Trinajstić information content (AvgIpc) is 2.29. The van der Waals surface area contributed by atoms with Crippen LogP contribution in [0.25, 0.3) is 0 Å². The van der Waals surface area contributed by atoms with Crippen molar-refractivity contribution in [1.29, 1.82) is 5.26 Å². The van der Waals surface area contributed by atoms with E-state index in [1.807, 2.05) is 18.9 Å². The number of aromatic carboxylic acids is 1. The molecule has 0 aliphatic carbocycles. The molecule has 6 heteroatoms. The van der Waals surface area contributed by atoms with Crippen LogP contribution in [0.2, 0.25) is 0 Å². The summed E-state index contributed by atoms with van der Waals surface area (Å²) in [5, 5.41) is 17.7. The number of carbonyl (C=O) groups is 1. The summed E-state index contributed by atoms with van der Waals surface area (Å²) in [6, 6.07) is 2.13. The van der Waals surface area contributed by atoms with Crippen LogP contribution in [0.4, 0.5) is 0 Å². The highest BCUT2D eigenvalue weighted by Crippen LogP contribution is 2.07. The fraction of sp³-hybridized carbons (Fsp3) is 0.455. The highest BCUT2D eigenvalue weighted by Gasteiger charge is 2.14. The maximum atomic E-state index is 10.9. The number of hydrogen-bond donors (Lipinski definition) is 1. The number of rotatable bonds is 5. The third kappa shape index (κ3) is 3.81. The van der Waals surface area contributed by atoms with E-state index in [2.05, 4.69) is 16.0 Å². The summed E-state index contributed by atoms with van der Waals surface area (Å²) in [5.41, 5.74) is 0.559. The molecule has 0 fully saturated rings. The summed E-state index contributed by atoms with van der Waals surface area (Å²) in [6.45, 7) is 2.77. The normalized spacial score (nSPS) is 12.1. The molecule has 17 heavy (non-hydrogen) atoms. The van der Waals surface area contributed by atoms with E-state index in [4.69, 9.17) is 10.4 Å². The van der Waals surface area contributed by atoms with Gasteiger partial charge in [-0.05, 0) is 14.0 Å². The molecule has 1 aromatic heterocycles. The van der Waals surface area contributed by atoms with Crippen molar-refractivity contribution >= 4 is 5.97 Å². The first-order chi connectivity index (χ1) is 8.04. The first-order valence-corrected chi connectivity index (χ1v) is 5.15. The highest BCUT2D eigenvalue weighted by atomic mass is 16.4. The molecule has 1 N–H and O–H groups in total. The summed E-state index contributed by atoms with van der Waals surface area (Å²) in [5.74, 6) is -1.14. The van der Waals surface area contributed by atoms with Crippen LogP contribution < -0.4 is 0 Å². The second kappa shape index (κ2) is 5.92. The highest BCUT2D eigenvalue weighted by molar-refractivity contribution is 5.88. The van der Waals surface area contributed by atoms with Gasteiger partial charge < -0.3 is 5.11 Å². The largest absolute Gasteiger partial charge is 0.478 e. The van der Waals surface area contributed by atoms with Crippen molar-refractivity contribution in [3.63, 3.8) is 0 Å². The van der Waals surface area contributed by atoms with Crippen LogP contribution in [0.1, 0.15) is 23.0 Å². The van der Waals surface area contributed by atoms with Crippen molar-refractivity contribution < 1.29 is 9.90 Å². The van der Waals surface area contributed by atoms with Gasteiger partial charge in [0.1, 0.15) is 11.9 Å². The number of carboxylic acids is 1. The van der Waals surface area contributed by atoms with Crippen LogP contribution in [0, 0.1) is 17.2 Å². The summed E-state index contributed by atoms with van der Waals surface area (Å²) < 4.78 is 0. The van der Waals surface area contributed by atoms with Crippen molar-refractivity contribution in [3.8, 4) is 6.07 Å². The van der Waals surface area contributed by atoms with E-state index in [9.17, 15) is 4.79 Å². The lowest BCUT2D eigenvalue weighted by molar-refractivity contribution is 0.0693. The molecule has 0 saturated heterocycles. The Labute approximate surface area is 99.5 Å². The first kappa shape index (κ1) is 13.1. The topological polar surface area (TPSA) is 90.1 Å². The molecule has 0 aliphatic heterocycles. The number of nitriles is 1. The molecular weight excluding hydrogens is 220 g/mol. The lowest BCUT2D eigenvalue weighted by Crippen LogP contribution is -2.25. The van der Waals surface area contributed by atoms with E-state index in [0.29, 0.717) is 18.8 Å². The zero-order valence-corrected chi connectivity index (χ0v) is 9.79. The van der Waals surface area contributed by atoms with Gasteiger partial charge in [0.25, 0.3) is 0 Å². The van der Waals surface area contributed by atoms with E-state index in [-0.39, 0.29) is 11.5 Å². The van der Waals surface area contributed by atoms with E-state index >= 15 is 0 Å². The zero-order valence-electron chi connectivity index (χ0n) is 9.79. The van der Waals surface area contributed by atoms with Crippen molar-refractivity contribution in [2.45, 2.75) is 13.5 Å². The molecule has 0 aromatic carbocycles. The van der Waals surface area contributed by atoms with Gasteiger partial charge in [0, 0.05) is 19.3 Å². The summed E-state index contributed by atoms with van der Waals surface area (Å²) in [7, 11) is 1.82. The van der Waals surface area contributed by atoms with Gasteiger partial charge in [0.2, 0.25) is 0 Å². The molecule has 0 saturated carbocycles. The molecule has 1 heterocycles. The number of aromatic nitrogens is 2. The van der Waals surface area contributed by atoms with Crippen molar-refractivity contribution in [2.24, 2.45) is 5.92 Å². The minimum Gasteiger partial charge on any atom is -0.478 e. The Bertz CT molecular complexity index is 441. The van der Waals surface area contributed by atoms with Gasteiger partial charge in [-0.2, -0.15) is 5.26 Å². The lowest BCUT2D eigenvalue weighted by Gasteiger charge is -2.17. The molecular formula is C11H14N4O2. The standard InChI is InChI=1S/C11H14N4O2/c1-8(3-12)5-15(2)6-10-9(11(16)17)4-13-7-14-10/h4,7-8H,5-6H2,1-2H3,(H,16,17). The SMILES string of the molecule is CC(C#N)CN(C)Cc1ncncc1C(=O)O. The summed E-state index contributed by atoms with van der Waals surface area (Å²) in [6.07, 6.45) is 2.61. The monoisotopic (exact) mass is 234 g/mol. The predicted molar refractivity (Wildman–Crippen MR) is 60.1 cm³/mol. The van der Waals surface area contributed by atoms with Crippen LogP contribution >= 0.6 is 0 Å². The molecule has 6 nitrogen and oxygen atoms in total. The van der Waals surface area contributed by atoms with Crippen LogP contribution in [-0.4, -0.2) is 39.5 Å². The lowest BCUT2D eigenvalue weighted by atomic mass is 10.2. The van der Waals surface area contributed by atoms with E-state index in [1.54, 1.807) is 0 Å². The maximum Gasteiger partial charge on any atom is 0.339 e. The molecule has 0 spiro atoms. The number of nitrogens with zero attached hydrogens (tertiary/aromatic N) is 4. The Morgan fingerprint density at radius 3 is 3.00 bits per heavy atom. The van der Waals surface area contributed by atoms with Gasteiger partial charge in [-0.25, -0.2) is 14.8 Å². The van der Waals surface area contributed by atoms with Gasteiger partial charge in [-0.1, -0.05) is 0 Å². The van der Waals surface area contributed by atoms with E-state index in [0.717, 1.165) is 0 Å². The fourth-order valence-corrected chi connectivity index (χ4v) is 1.49. The van der Waals surface area contributed by atoms with E-state index in [1.165, 1.54) is 12.5 Å². The molecule has 1 unspecified atom stereocenters. The number of carboxylic acid groups (broad SMARTS) is 1. The van der Waals surface area contributed by atoms with Crippen molar-refractivity contribution in [3.05, 3.63) is 23.8 Å². The molecule has 1 aromatic rings. The molecule has 90 valence electrons. The second-order valence-electron chi connectivity index (χ2n) is 3.92. The molecule has 0 bridgehead atoms. The van der Waals surface area contributed by atoms with Gasteiger partial charge >= 0.3 is 5.97 Å². The quantitative estimate of drug-likeness (QED) is 0.809. The van der Waals surface area contributed by atoms with E-state index < -0.39 is 5.97 Å². The smallest absolute Gasteiger partial charge is 0.339 e. The molecule has 1 rings (SSSR count). The molecule has 0 aliphatic rings. The third-order valence-electron chi connectivity index (χ3n) is 2.25. The Kier molecular flexibility index (Phi) is 4.55. The third-order valence-corrected chi connectivity index (χ3v) is 2.25. The Morgan fingerprint density at radius 2 is 2.41 bits per heavy atom. The molecule has 1 atom stereocenters. The van der Waals surface area contributed by atoms with Crippen LogP contribution in [0.15, 0.2) is 12.5 Å². The molecule has 0 radical (unpaired) electrons. The Hall–Kier alpha value is -2.00. The fourth-order valence-electron chi connectivity index (χ4n) is 1.49. The maximum absolute atomic E-state index is 10.9. The Morgan fingerprint density at radius 1 is 1.71 bits per heavy atom. The number of hydrogen-bond acceptors (Lipinski definition) is 5. The van der Waals surface area contributed by atoms with Crippen molar-refractivity contribution in [1.82, 2.24) is 14.9 Å². The van der Waals surface area contributed by atoms with Gasteiger partial charge in [-0.15, -0.1) is 0 Å². The summed E-state index contributed by atoms with van der Waals surface area (Å²) >= 11 is 0. The van der Waals surface area contributed by atoms with Gasteiger partial charge in [0.05, 0.1) is 17.7 Å². The van der Waals surface area contributed by atoms with Gasteiger partial charge in [0.15, 0.2) is 0 Å². The molecule has 0 amide bonds. The minimum absolute atomic E-state index is 0.101. The van der Waals surface area contributed by atoms with Crippen LogP contribution in [0.3, 0.4) is 0 Å². The summed E-state index contributed by atoms with van der Waals surface area (Å²) in [4.78, 5) is 20.4. The zero-order chi connectivity index (χ0) is 12.8. The first-order valence-electron chi connectivity index (χ1n) is 5.15. The second-order valence-corrected chi connectivity index (χ2v) is 3.92. The average molecular weight is 234 g/mol. The van der Waals surface area contributed by atoms with Crippen LogP contribution in [0.5, 0.6) is 0 Å². The van der Waals surface area contributed by atoms with Crippen LogP contribution in [-0.2, 0) is 6.54 Å².